The molecule has 7 heteroatoms. The SMILES string of the molecule is CCOC[C@H](N)C(=O)NCCc1ccc(O)c(OCC)c1OCC. The van der Waals surface area contributed by atoms with E-state index in [4.69, 9.17) is 19.9 Å². The minimum Gasteiger partial charge on any atom is -0.504 e. The molecule has 0 aliphatic rings. The van der Waals surface area contributed by atoms with E-state index in [-0.39, 0.29) is 18.3 Å². The van der Waals surface area contributed by atoms with Crippen molar-refractivity contribution >= 4 is 5.91 Å². The number of phenols is 1. The number of nitrogens with two attached hydrogens (primary N) is 1. The number of benzene rings is 1. The van der Waals surface area contributed by atoms with E-state index in [2.05, 4.69) is 5.32 Å². The van der Waals surface area contributed by atoms with Gasteiger partial charge < -0.3 is 30.4 Å². The molecule has 0 aliphatic heterocycles. The second-order valence-electron chi connectivity index (χ2n) is 5.08. The van der Waals surface area contributed by atoms with Crippen LogP contribution in [0, 0.1) is 0 Å². The van der Waals surface area contributed by atoms with E-state index in [0.29, 0.717) is 44.3 Å². The second kappa shape index (κ2) is 10.7. The van der Waals surface area contributed by atoms with Crippen molar-refractivity contribution in [1.82, 2.24) is 5.32 Å². The molecule has 0 spiro atoms. The molecule has 1 aromatic carbocycles. The molecule has 0 aromatic heterocycles. The first kappa shape index (κ1) is 20.1. The van der Waals surface area contributed by atoms with Crippen molar-refractivity contribution in [2.24, 2.45) is 5.73 Å². The molecule has 0 saturated heterocycles. The molecule has 4 N–H and O–H groups in total. The van der Waals surface area contributed by atoms with Crippen molar-refractivity contribution in [2.75, 3.05) is 33.0 Å². The van der Waals surface area contributed by atoms with Crippen LogP contribution in [0.4, 0.5) is 0 Å². The topological polar surface area (TPSA) is 103 Å². The van der Waals surface area contributed by atoms with Crippen LogP contribution >= 0.6 is 0 Å². The number of hydrogen-bond acceptors (Lipinski definition) is 6. The molecule has 0 heterocycles. The minimum absolute atomic E-state index is 0.0341. The predicted molar refractivity (Wildman–Crippen MR) is 91.6 cm³/mol. The number of aromatic hydroxyl groups is 1. The number of amides is 1. The van der Waals surface area contributed by atoms with Gasteiger partial charge in [-0.05, 0) is 33.3 Å². The summed E-state index contributed by atoms with van der Waals surface area (Å²) in [6, 6.07) is 2.63. The summed E-state index contributed by atoms with van der Waals surface area (Å²) in [5.74, 6) is 0.612. The lowest BCUT2D eigenvalue weighted by Gasteiger charge is -2.17. The van der Waals surface area contributed by atoms with Gasteiger partial charge in [0, 0.05) is 18.7 Å². The maximum Gasteiger partial charge on any atom is 0.239 e. The highest BCUT2D eigenvalue weighted by atomic mass is 16.5. The molecule has 24 heavy (non-hydrogen) atoms. The zero-order chi connectivity index (χ0) is 17.9. The lowest BCUT2D eigenvalue weighted by molar-refractivity contribution is -0.123. The average molecular weight is 340 g/mol. The summed E-state index contributed by atoms with van der Waals surface area (Å²) in [7, 11) is 0. The van der Waals surface area contributed by atoms with E-state index >= 15 is 0 Å². The summed E-state index contributed by atoms with van der Waals surface area (Å²) in [5, 5.41) is 12.7. The first-order valence-corrected chi connectivity index (χ1v) is 8.26. The summed E-state index contributed by atoms with van der Waals surface area (Å²) >= 11 is 0. The number of carbonyl (C=O) groups excluding carboxylic acids is 1. The number of rotatable bonds is 11. The molecule has 1 atom stereocenters. The smallest absolute Gasteiger partial charge is 0.239 e. The molecule has 0 bridgehead atoms. The summed E-state index contributed by atoms with van der Waals surface area (Å²) in [5.41, 5.74) is 6.57. The second-order valence-corrected chi connectivity index (χ2v) is 5.08. The Hall–Kier alpha value is -1.99. The molecular formula is C17H28N2O5. The van der Waals surface area contributed by atoms with Gasteiger partial charge in [-0.25, -0.2) is 0 Å². The van der Waals surface area contributed by atoms with E-state index in [9.17, 15) is 9.90 Å². The molecule has 0 saturated carbocycles. The Bertz CT molecular complexity index is 522. The number of ether oxygens (including phenoxy) is 3. The zero-order valence-corrected chi connectivity index (χ0v) is 14.6. The van der Waals surface area contributed by atoms with Crippen molar-refractivity contribution in [3.63, 3.8) is 0 Å². The van der Waals surface area contributed by atoms with Crippen LogP contribution in [-0.4, -0.2) is 50.0 Å². The van der Waals surface area contributed by atoms with Crippen LogP contribution in [0.5, 0.6) is 17.2 Å². The third kappa shape index (κ3) is 5.90. The van der Waals surface area contributed by atoms with Crippen LogP contribution in [0.15, 0.2) is 12.1 Å². The van der Waals surface area contributed by atoms with Gasteiger partial charge in [-0.15, -0.1) is 0 Å². The Morgan fingerprint density at radius 2 is 1.83 bits per heavy atom. The van der Waals surface area contributed by atoms with E-state index < -0.39 is 6.04 Å². The number of hydrogen-bond donors (Lipinski definition) is 3. The van der Waals surface area contributed by atoms with Gasteiger partial charge in [0.2, 0.25) is 11.7 Å². The third-order valence-electron chi connectivity index (χ3n) is 3.28. The fourth-order valence-corrected chi connectivity index (χ4v) is 2.15. The van der Waals surface area contributed by atoms with Crippen LogP contribution < -0.4 is 20.5 Å². The maximum absolute atomic E-state index is 11.9. The van der Waals surface area contributed by atoms with Gasteiger partial charge >= 0.3 is 0 Å². The minimum atomic E-state index is -0.685. The number of nitrogens with one attached hydrogen (secondary N) is 1. The number of phenolic OH excluding ortho intramolecular Hbond substituents is 1. The van der Waals surface area contributed by atoms with Crippen molar-refractivity contribution in [3.8, 4) is 17.2 Å². The summed E-state index contributed by atoms with van der Waals surface area (Å²) in [6.45, 7) is 7.52. The van der Waals surface area contributed by atoms with Crippen molar-refractivity contribution in [2.45, 2.75) is 33.2 Å². The van der Waals surface area contributed by atoms with Gasteiger partial charge in [0.15, 0.2) is 11.5 Å². The largest absolute Gasteiger partial charge is 0.504 e. The van der Waals surface area contributed by atoms with Crippen LogP contribution in [0.2, 0.25) is 0 Å². The molecule has 7 nitrogen and oxygen atoms in total. The van der Waals surface area contributed by atoms with Gasteiger partial charge in [-0.2, -0.15) is 0 Å². The Morgan fingerprint density at radius 1 is 1.17 bits per heavy atom. The summed E-state index contributed by atoms with van der Waals surface area (Å²) in [6.07, 6.45) is 0.531. The fourth-order valence-electron chi connectivity index (χ4n) is 2.15. The molecule has 0 fully saturated rings. The lowest BCUT2D eigenvalue weighted by Crippen LogP contribution is -2.44. The Labute approximate surface area is 143 Å². The van der Waals surface area contributed by atoms with Crippen LogP contribution in [0.3, 0.4) is 0 Å². The van der Waals surface area contributed by atoms with Gasteiger partial charge in [0.05, 0.1) is 19.8 Å². The third-order valence-corrected chi connectivity index (χ3v) is 3.28. The van der Waals surface area contributed by atoms with Crippen molar-refractivity contribution in [1.29, 1.82) is 0 Å². The average Bonchev–Trinajstić information content (AvgIpc) is 2.57. The number of carbonyl (C=O) groups is 1. The molecule has 0 aliphatic carbocycles. The standard InChI is InChI=1S/C17H28N2O5/c1-4-22-11-13(18)17(21)19-10-9-12-7-8-14(20)16(24-6-3)15(12)23-5-2/h7-8,13,20H,4-6,9-11,18H2,1-3H3,(H,19,21)/t13-/m0/s1. The first-order valence-electron chi connectivity index (χ1n) is 8.26. The normalized spacial score (nSPS) is 11.8. The molecular weight excluding hydrogens is 312 g/mol. The molecule has 0 unspecified atom stereocenters. The van der Waals surface area contributed by atoms with E-state index in [1.165, 1.54) is 0 Å². The maximum atomic E-state index is 11.9. The molecule has 0 radical (unpaired) electrons. The van der Waals surface area contributed by atoms with Crippen LogP contribution in [-0.2, 0) is 16.0 Å². The molecule has 1 rings (SSSR count). The highest BCUT2D eigenvalue weighted by molar-refractivity contribution is 5.81. The summed E-state index contributed by atoms with van der Waals surface area (Å²) < 4.78 is 16.2. The first-order chi connectivity index (χ1) is 11.5. The molecule has 136 valence electrons. The van der Waals surface area contributed by atoms with Gasteiger partial charge in [-0.1, -0.05) is 6.07 Å². The van der Waals surface area contributed by atoms with E-state index in [1.807, 2.05) is 20.8 Å². The van der Waals surface area contributed by atoms with Crippen molar-refractivity contribution < 1.29 is 24.1 Å². The molecule has 1 aromatic rings. The highest BCUT2D eigenvalue weighted by Gasteiger charge is 2.17. The Morgan fingerprint density at radius 3 is 2.46 bits per heavy atom. The Kier molecular flexibility index (Phi) is 8.96. The zero-order valence-electron chi connectivity index (χ0n) is 14.6. The van der Waals surface area contributed by atoms with Crippen LogP contribution in [0.25, 0.3) is 0 Å². The van der Waals surface area contributed by atoms with Crippen molar-refractivity contribution in [3.05, 3.63) is 17.7 Å². The van der Waals surface area contributed by atoms with Gasteiger partial charge in [0.1, 0.15) is 6.04 Å². The van der Waals surface area contributed by atoms with E-state index in [0.717, 1.165) is 5.56 Å². The van der Waals surface area contributed by atoms with E-state index in [1.54, 1.807) is 12.1 Å². The molecule has 1 amide bonds. The highest BCUT2D eigenvalue weighted by Crippen LogP contribution is 2.39. The Balaban J connectivity index is 2.70. The quantitative estimate of drug-likeness (QED) is 0.559. The fraction of sp³-hybridized carbons (Fsp3) is 0.588. The van der Waals surface area contributed by atoms with Gasteiger partial charge in [0.25, 0.3) is 0 Å². The predicted octanol–water partition coefficient (Wildman–Crippen LogP) is 1.21. The monoisotopic (exact) mass is 340 g/mol. The van der Waals surface area contributed by atoms with Gasteiger partial charge in [-0.3, -0.25) is 4.79 Å². The lowest BCUT2D eigenvalue weighted by atomic mass is 10.1. The van der Waals surface area contributed by atoms with Crippen LogP contribution in [0.1, 0.15) is 26.3 Å². The summed E-state index contributed by atoms with van der Waals surface area (Å²) in [4.78, 5) is 11.9.